The molecule has 0 fully saturated rings. The van der Waals surface area contributed by atoms with Crippen LogP contribution in [0, 0.1) is 0 Å². The third-order valence-electron chi connectivity index (χ3n) is 2.56. The van der Waals surface area contributed by atoms with E-state index in [2.05, 4.69) is 9.97 Å². The summed E-state index contributed by atoms with van der Waals surface area (Å²) in [6, 6.07) is 9.30. The van der Waals surface area contributed by atoms with E-state index in [4.69, 9.17) is 9.84 Å². The molecule has 5 heteroatoms. The fourth-order valence-electron chi connectivity index (χ4n) is 1.58. The molecule has 0 atom stereocenters. The van der Waals surface area contributed by atoms with Crippen LogP contribution >= 0.6 is 0 Å². The van der Waals surface area contributed by atoms with E-state index in [1.165, 1.54) is 0 Å². The summed E-state index contributed by atoms with van der Waals surface area (Å²) in [6.45, 7) is 0.151. The van der Waals surface area contributed by atoms with Gasteiger partial charge in [-0.3, -0.25) is 0 Å². The Morgan fingerprint density at radius 1 is 1.16 bits per heavy atom. The van der Waals surface area contributed by atoms with Gasteiger partial charge in [0.1, 0.15) is 5.75 Å². The normalized spacial score (nSPS) is 10.3. The molecular formula is C14H17N3O2. The molecule has 1 aromatic carbocycles. The molecule has 2 rings (SSSR count). The minimum atomic E-state index is 0.151. The van der Waals surface area contributed by atoms with E-state index in [0.717, 1.165) is 5.56 Å². The van der Waals surface area contributed by atoms with Gasteiger partial charge in [-0.2, -0.15) is 4.98 Å². The molecule has 0 aliphatic heterocycles. The van der Waals surface area contributed by atoms with E-state index in [9.17, 15) is 0 Å². The van der Waals surface area contributed by atoms with Crippen molar-refractivity contribution in [3.63, 3.8) is 0 Å². The number of rotatable bonds is 5. The van der Waals surface area contributed by atoms with E-state index in [1.807, 2.05) is 43.3 Å². The Bertz CT molecular complexity index is 526. The van der Waals surface area contributed by atoms with E-state index in [0.29, 0.717) is 24.0 Å². The maximum Gasteiger partial charge on any atom is 0.228 e. The number of benzene rings is 1. The molecule has 19 heavy (non-hydrogen) atoms. The molecule has 1 aromatic heterocycles. The zero-order valence-corrected chi connectivity index (χ0v) is 11.1. The Morgan fingerprint density at radius 3 is 2.53 bits per heavy atom. The van der Waals surface area contributed by atoms with Gasteiger partial charge in [0, 0.05) is 33.0 Å². The lowest BCUT2D eigenvalue weighted by Gasteiger charge is -2.11. The molecule has 0 saturated heterocycles. The van der Waals surface area contributed by atoms with Crippen molar-refractivity contribution in [2.24, 2.45) is 0 Å². The van der Waals surface area contributed by atoms with Gasteiger partial charge in [0.2, 0.25) is 11.8 Å². The SMILES string of the molecule is CN(C)c1nccc(Oc2ccc(CCO)cc2)n1. The van der Waals surface area contributed by atoms with Crippen molar-refractivity contribution in [1.82, 2.24) is 9.97 Å². The molecule has 0 saturated carbocycles. The van der Waals surface area contributed by atoms with Gasteiger partial charge in [-0.1, -0.05) is 12.1 Å². The summed E-state index contributed by atoms with van der Waals surface area (Å²) < 4.78 is 5.66. The highest BCUT2D eigenvalue weighted by Gasteiger charge is 2.03. The lowest BCUT2D eigenvalue weighted by molar-refractivity contribution is 0.299. The number of anilines is 1. The van der Waals surface area contributed by atoms with Crippen LogP contribution in [0.1, 0.15) is 5.56 Å². The Kier molecular flexibility index (Phi) is 4.30. The van der Waals surface area contributed by atoms with Gasteiger partial charge < -0.3 is 14.7 Å². The Hall–Kier alpha value is -2.14. The summed E-state index contributed by atoms with van der Waals surface area (Å²) in [5, 5.41) is 8.85. The smallest absolute Gasteiger partial charge is 0.228 e. The van der Waals surface area contributed by atoms with Gasteiger partial charge >= 0.3 is 0 Å². The maximum atomic E-state index is 8.85. The molecule has 1 N–H and O–H groups in total. The molecule has 100 valence electrons. The number of hydrogen-bond donors (Lipinski definition) is 1. The van der Waals surface area contributed by atoms with Crippen LogP contribution in [0.25, 0.3) is 0 Å². The van der Waals surface area contributed by atoms with Gasteiger partial charge in [-0.25, -0.2) is 4.98 Å². The van der Waals surface area contributed by atoms with E-state index in [1.54, 1.807) is 12.3 Å². The number of hydrogen-bond acceptors (Lipinski definition) is 5. The van der Waals surface area contributed by atoms with E-state index < -0.39 is 0 Å². The monoisotopic (exact) mass is 259 g/mol. The zero-order valence-electron chi connectivity index (χ0n) is 11.1. The summed E-state index contributed by atoms with van der Waals surface area (Å²) >= 11 is 0. The molecule has 0 amide bonds. The van der Waals surface area contributed by atoms with Gasteiger partial charge in [-0.05, 0) is 24.1 Å². The van der Waals surface area contributed by atoms with Crippen LogP contribution in [0.3, 0.4) is 0 Å². The number of aliphatic hydroxyl groups is 1. The maximum absolute atomic E-state index is 8.85. The zero-order chi connectivity index (χ0) is 13.7. The van der Waals surface area contributed by atoms with Crippen LogP contribution in [0.5, 0.6) is 11.6 Å². The van der Waals surface area contributed by atoms with Gasteiger partial charge in [0.05, 0.1) is 0 Å². The molecule has 0 spiro atoms. The van der Waals surface area contributed by atoms with E-state index in [-0.39, 0.29) is 6.61 Å². The van der Waals surface area contributed by atoms with Crippen molar-refractivity contribution >= 4 is 5.95 Å². The summed E-state index contributed by atoms with van der Waals surface area (Å²) in [6.07, 6.45) is 2.32. The van der Waals surface area contributed by atoms with Gasteiger partial charge in [0.15, 0.2) is 0 Å². The Balaban J connectivity index is 2.10. The first kappa shape index (κ1) is 13.3. The third kappa shape index (κ3) is 3.66. The average Bonchev–Trinajstić information content (AvgIpc) is 2.42. The molecule has 0 unspecified atom stereocenters. The standard InChI is InChI=1S/C14H17N3O2/c1-17(2)14-15-9-7-13(16-14)19-12-5-3-11(4-6-12)8-10-18/h3-7,9,18H,8,10H2,1-2H3. The number of nitrogens with zero attached hydrogens (tertiary/aromatic N) is 3. The third-order valence-corrected chi connectivity index (χ3v) is 2.56. The first-order valence-corrected chi connectivity index (χ1v) is 6.07. The lowest BCUT2D eigenvalue weighted by Crippen LogP contribution is -2.12. The number of ether oxygens (including phenoxy) is 1. The quantitative estimate of drug-likeness (QED) is 0.888. The minimum Gasteiger partial charge on any atom is -0.439 e. The fourth-order valence-corrected chi connectivity index (χ4v) is 1.58. The van der Waals surface area contributed by atoms with Crippen molar-refractivity contribution in [3.05, 3.63) is 42.1 Å². The van der Waals surface area contributed by atoms with E-state index >= 15 is 0 Å². The highest BCUT2D eigenvalue weighted by atomic mass is 16.5. The van der Waals surface area contributed by atoms with Crippen LogP contribution < -0.4 is 9.64 Å². The summed E-state index contributed by atoms with van der Waals surface area (Å²) in [5.74, 6) is 1.83. The summed E-state index contributed by atoms with van der Waals surface area (Å²) in [4.78, 5) is 10.2. The molecule has 5 nitrogen and oxygen atoms in total. The largest absolute Gasteiger partial charge is 0.439 e. The number of aromatic nitrogens is 2. The van der Waals surface area contributed by atoms with Crippen LogP contribution in [0.2, 0.25) is 0 Å². The summed E-state index contributed by atoms with van der Waals surface area (Å²) in [7, 11) is 3.76. The van der Waals surface area contributed by atoms with Crippen molar-refractivity contribution < 1.29 is 9.84 Å². The molecule has 0 bridgehead atoms. The second-order valence-corrected chi connectivity index (χ2v) is 4.31. The molecule has 1 heterocycles. The van der Waals surface area contributed by atoms with Crippen molar-refractivity contribution in [3.8, 4) is 11.6 Å². The van der Waals surface area contributed by atoms with Crippen LogP contribution in [-0.4, -0.2) is 35.8 Å². The first-order valence-electron chi connectivity index (χ1n) is 6.07. The molecule has 0 radical (unpaired) electrons. The van der Waals surface area contributed by atoms with Crippen molar-refractivity contribution in [2.45, 2.75) is 6.42 Å². The predicted molar refractivity (Wildman–Crippen MR) is 73.7 cm³/mol. The second-order valence-electron chi connectivity index (χ2n) is 4.31. The highest BCUT2D eigenvalue weighted by Crippen LogP contribution is 2.20. The van der Waals surface area contributed by atoms with Crippen LogP contribution in [0.4, 0.5) is 5.95 Å². The molecule has 0 aliphatic rings. The molecular weight excluding hydrogens is 242 g/mol. The van der Waals surface area contributed by atoms with Crippen molar-refractivity contribution in [2.75, 3.05) is 25.6 Å². The van der Waals surface area contributed by atoms with Crippen LogP contribution in [-0.2, 0) is 6.42 Å². The van der Waals surface area contributed by atoms with Crippen LogP contribution in [0.15, 0.2) is 36.5 Å². The van der Waals surface area contributed by atoms with Crippen molar-refractivity contribution in [1.29, 1.82) is 0 Å². The lowest BCUT2D eigenvalue weighted by atomic mass is 10.1. The van der Waals surface area contributed by atoms with Gasteiger partial charge in [0.25, 0.3) is 0 Å². The topological polar surface area (TPSA) is 58.5 Å². The fraction of sp³-hybridized carbons (Fsp3) is 0.286. The highest BCUT2D eigenvalue weighted by molar-refractivity contribution is 5.33. The van der Waals surface area contributed by atoms with Gasteiger partial charge in [-0.15, -0.1) is 0 Å². The molecule has 2 aromatic rings. The second kappa shape index (κ2) is 6.15. The first-order chi connectivity index (χ1) is 9.19. The number of aliphatic hydroxyl groups excluding tert-OH is 1. The minimum absolute atomic E-state index is 0.151. The predicted octanol–water partition coefficient (Wildman–Crippen LogP) is 1.87. The Morgan fingerprint density at radius 2 is 1.89 bits per heavy atom. The Labute approximate surface area is 112 Å². The average molecular weight is 259 g/mol. The summed E-state index contributed by atoms with van der Waals surface area (Å²) in [5.41, 5.74) is 1.08. The molecule has 0 aliphatic carbocycles.